The van der Waals surface area contributed by atoms with E-state index in [0.29, 0.717) is 5.75 Å². The smallest absolute Gasteiger partial charge is 0.118 e. The standard InChI is InChI=1S/C10H10O.C2H6/c1-3-4-9-5-6-10(11)8(2)7-9;1-2/h5-7,11H,1-2H3;1-2H3. The van der Waals surface area contributed by atoms with E-state index >= 15 is 0 Å². The first-order valence-electron chi connectivity index (χ1n) is 4.46. The summed E-state index contributed by atoms with van der Waals surface area (Å²) in [6.07, 6.45) is 0. The van der Waals surface area contributed by atoms with Gasteiger partial charge in [-0.15, -0.1) is 5.92 Å². The fourth-order valence-corrected chi connectivity index (χ4v) is 0.878. The van der Waals surface area contributed by atoms with Crippen molar-refractivity contribution >= 4 is 0 Å². The summed E-state index contributed by atoms with van der Waals surface area (Å²) in [5, 5.41) is 9.16. The van der Waals surface area contributed by atoms with Gasteiger partial charge in [0.05, 0.1) is 0 Å². The van der Waals surface area contributed by atoms with Crippen LogP contribution in [-0.4, -0.2) is 5.11 Å². The molecule has 1 aromatic rings. The van der Waals surface area contributed by atoms with Crippen molar-refractivity contribution in [3.8, 4) is 17.6 Å². The Balaban J connectivity index is 0.000000671. The number of aryl methyl sites for hydroxylation is 1. The maximum atomic E-state index is 9.16. The normalized spacial score (nSPS) is 7.69. The third kappa shape index (κ3) is 3.66. The number of hydrogen-bond donors (Lipinski definition) is 1. The zero-order valence-electron chi connectivity index (χ0n) is 8.68. The van der Waals surface area contributed by atoms with Gasteiger partial charge in [-0.3, -0.25) is 0 Å². The predicted octanol–water partition coefficient (Wildman–Crippen LogP) is 3.10. The molecule has 0 aliphatic carbocycles. The third-order valence-corrected chi connectivity index (χ3v) is 1.47. The maximum absolute atomic E-state index is 9.16. The molecule has 1 rings (SSSR count). The lowest BCUT2D eigenvalue weighted by molar-refractivity contribution is 0.471. The van der Waals surface area contributed by atoms with Gasteiger partial charge in [-0.25, -0.2) is 0 Å². The molecular weight excluding hydrogens is 160 g/mol. The zero-order valence-corrected chi connectivity index (χ0v) is 8.68. The van der Waals surface area contributed by atoms with Crippen LogP contribution in [0.25, 0.3) is 0 Å². The van der Waals surface area contributed by atoms with Crippen molar-refractivity contribution in [3.05, 3.63) is 29.3 Å². The molecule has 1 heteroatoms. The van der Waals surface area contributed by atoms with Gasteiger partial charge in [0.2, 0.25) is 0 Å². The van der Waals surface area contributed by atoms with E-state index in [4.69, 9.17) is 5.11 Å². The zero-order chi connectivity index (χ0) is 10.3. The lowest BCUT2D eigenvalue weighted by Gasteiger charge is -1.96. The van der Waals surface area contributed by atoms with E-state index < -0.39 is 0 Å². The molecule has 0 spiro atoms. The molecule has 70 valence electrons. The highest BCUT2D eigenvalue weighted by molar-refractivity contribution is 5.42. The molecule has 13 heavy (non-hydrogen) atoms. The third-order valence-electron chi connectivity index (χ3n) is 1.47. The van der Waals surface area contributed by atoms with Crippen molar-refractivity contribution < 1.29 is 5.11 Å². The van der Waals surface area contributed by atoms with Gasteiger partial charge >= 0.3 is 0 Å². The molecule has 0 aromatic heterocycles. The average Bonchev–Trinajstić information content (AvgIpc) is 2.15. The van der Waals surface area contributed by atoms with Crippen LogP contribution >= 0.6 is 0 Å². The van der Waals surface area contributed by atoms with Crippen LogP contribution in [0.4, 0.5) is 0 Å². The molecule has 1 aromatic carbocycles. The molecule has 0 heterocycles. The van der Waals surface area contributed by atoms with Crippen molar-refractivity contribution in [1.29, 1.82) is 0 Å². The Morgan fingerprint density at radius 3 is 2.31 bits per heavy atom. The minimum atomic E-state index is 0.326. The average molecular weight is 176 g/mol. The fraction of sp³-hybridized carbons (Fsp3) is 0.333. The van der Waals surface area contributed by atoms with Crippen molar-refractivity contribution in [1.82, 2.24) is 0 Å². The van der Waals surface area contributed by atoms with Crippen LogP contribution in [0.2, 0.25) is 0 Å². The first-order chi connectivity index (χ1) is 6.24. The molecule has 0 atom stereocenters. The van der Waals surface area contributed by atoms with Gasteiger partial charge in [-0.1, -0.05) is 19.8 Å². The second kappa shape index (κ2) is 6.14. The van der Waals surface area contributed by atoms with Gasteiger partial charge in [-0.05, 0) is 37.6 Å². The summed E-state index contributed by atoms with van der Waals surface area (Å²) in [6, 6.07) is 5.33. The summed E-state index contributed by atoms with van der Waals surface area (Å²) >= 11 is 0. The van der Waals surface area contributed by atoms with Gasteiger partial charge in [0.25, 0.3) is 0 Å². The summed E-state index contributed by atoms with van der Waals surface area (Å²) < 4.78 is 0. The van der Waals surface area contributed by atoms with E-state index in [1.807, 2.05) is 26.8 Å². The Bertz CT molecular complexity index is 316. The van der Waals surface area contributed by atoms with Crippen LogP contribution in [0.15, 0.2) is 18.2 Å². The van der Waals surface area contributed by atoms with Crippen LogP contribution in [0.5, 0.6) is 5.75 Å². The Labute approximate surface area is 80.4 Å². The number of hydrogen-bond acceptors (Lipinski definition) is 1. The predicted molar refractivity (Wildman–Crippen MR) is 56.7 cm³/mol. The van der Waals surface area contributed by atoms with Crippen LogP contribution in [0.1, 0.15) is 31.9 Å². The number of phenolic OH excluding ortho intramolecular Hbond substituents is 1. The van der Waals surface area contributed by atoms with Gasteiger partial charge in [0, 0.05) is 5.56 Å². The minimum Gasteiger partial charge on any atom is -0.508 e. The second-order valence-electron chi connectivity index (χ2n) is 2.38. The molecular formula is C12H16O. The largest absolute Gasteiger partial charge is 0.508 e. The first-order valence-corrected chi connectivity index (χ1v) is 4.46. The molecule has 0 saturated heterocycles. The van der Waals surface area contributed by atoms with Crippen molar-refractivity contribution in [3.63, 3.8) is 0 Å². The van der Waals surface area contributed by atoms with Crippen molar-refractivity contribution in [2.24, 2.45) is 0 Å². The number of rotatable bonds is 0. The first kappa shape index (κ1) is 11.6. The minimum absolute atomic E-state index is 0.326. The molecule has 0 amide bonds. The Morgan fingerprint density at radius 2 is 1.85 bits per heavy atom. The summed E-state index contributed by atoms with van der Waals surface area (Å²) in [5.41, 5.74) is 1.81. The molecule has 0 radical (unpaired) electrons. The van der Waals surface area contributed by atoms with Gasteiger partial charge in [0.1, 0.15) is 5.75 Å². The summed E-state index contributed by atoms with van der Waals surface area (Å²) in [7, 11) is 0. The van der Waals surface area contributed by atoms with E-state index in [-0.39, 0.29) is 0 Å². The topological polar surface area (TPSA) is 20.2 Å². The second-order valence-corrected chi connectivity index (χ2v) is 2.38. The monoisotopic (exact) mass is 176 g/mol. The Kier molecular flexibility index (Phi) is 5.47. The van der Waals surface area contributed by atoms with Crippen LogP contribution < -0.4 is 0 Å². The highest BCUT2D eigenvalue weighted by Crippen LogP contribution is 2.15. The van der Waals surface area contributed by atoms with E-state index in [1.165, 1.54) is 0 Å². The molecule has 0 unspecified atom stereocenters. The quantitative estimate of drug-likeness (QED) is 0.602. The van der Waals surface area contributed by atoms with Crippen LogP contribution in [-0.2, 0) is 0 Å². The molecule has 0 aliphatic heterocycles. The van der Waals surface area contributed by atoms with Crippen LogP contribution in [0, 0.1) is 18.8 Å². The summed E-state index contributed by atoms with van der Waals surface area (Å²) in [5.74, 6) is 6.04. The number of phenols is 1. The highest BCUT2D eigenvalue weighted by Gasteiger charge is 1.93. The van der Waals surface area contributed by atoms with Gasteiger partial charge in [-0.2, -0.15) is 0 Å². The molecule has 0 bridgehead atoms. The lowest BCUT2D eigenvalue weighted by Crippen LogP contribution is -1.77. The fourth-order valence-electron chi connectivity index (χ4n) is 0.878. The van der Waals surface area contributed by atoms with Crippen LogP contribution in [0.3, 0.4) is 0 Å². The maximum Gasteiger partial charge on any atom is 0.118 e. The molecule has 1 nitrogen and oxygen atoms in total. The van der Waals surface area contributed by atoms with Gasteiger partial charge < -0.3 is 5.11 Å². The molecule has 0 saturated carbocycles. The lowest BCUT2D eigenvalue weighted by atomic mass is 10.1. The van der Waals surface area contributed by atoms with E-state index in [9.17, 15) is 0 Å². The van der Waals surface area contributed by atoms with E-state index in [0.717, 1.165) is 11.1 Å². The van der Waals surface area contributed by atoms with Crippen molar-refractivity contribution in [2.45, 2.75) is 27.7 Å². The number of benzene rings is 1. The van der Waals surface area contributed by atoms with Gasteiger partial charge in [0.15, 0.2) is 0 Å². The molecule has 1 N–H and O–H groups in total. The summed E-state index contributed by atoms with van der Waals surface area (Å²) in [4.78, 5) is 0. The number of aromatic hydroxyl groups is 1. The van der Waals surface area contributed by atoms with E-state index in [2.05, 4.69) is 11.8 Å². The van der Waals surface area contributed by atoms with E-state index in [1.54, 1.807) is 19.1 Å². The Hall–Kier alpha value is -1.42. The molecule has 0 aliphatic rings. The highest BCUT2D eigenvalue weighted by atomic mass is 16.3. The Morgan fingerprint density at radius 1 is 1.23 bits per heavy atom. The summed E-state index contributed by atoms with van der Waals surface area (Å²) in [6.45, 7) is 7.65. The molecule has 0 fully saturated rings. The van der Waals surface area contributed by atoms with Crippen molar-refractivity contribution in [2.75, 3.05) is 0 Å². The SMILES string of the molecule is CC.CC#Cc1ccc(O)c(C)c1.